The zero-order chi connectivity index (χ0) is 15.3. The highest BCUT2D eigenvalue weighted by Crippen LogP contribution is 2.22. The molecule has 0 unspecified atom stereocenters. The van der Waals surface area contributed by atoms with E-state index in [1.807, 2.05) is 12.1 Å². The van der Waals surface area contributed by atoms with E-state index in [-0.39, 0.29) is 0 Å². The van der Waals surface area contributed by atoms with Gasteiger partial charge in [0.1, 0.15) is 0 Å². The number of hydrogen-bond acceptors (Lipinski definition) is 3. The normalized spacial score (nSPS) is 17.3. The van der Waals surface area contributed by atoms with E-state index in [0.29, 0.717) is 4.90 Å². The zero-order valence-electron chi connectivity index (χ0n) is 13.0. The fourth-order valence-electron chi connectivity index (χ4n) is 2.80. The molecule has 1 saturated carbocycles. The molecule has 0 radical (unpaired) electrons. The summed E-state index contributed by atoms with van der Waals surface area (Å²) in [6, 6.07) is 7.16. The summed E-state index contributed by atoms with van der Waals surface area (Å²) >= 11 is 0. The van der Waals surface area contributed by atoms with E-state index < -0.39 is 10.0 Å². The summed E-state index contributed by atoms with van der Waals surface area (Å²) in [4.78, 5) is 0.350. The third-order valence-electron chi connectivity index (χ3n) is 4.19. The van der Waals surface area contributed by atoms with Crippen LogP contribution in [0.3, 0.4) is 0 Å². The second kappa shape index (κ2) is 7.38. The van der Waals surface area contributed by atoms with E-state index >= 15 is 0 Å². The molecule has 0 aromatic heterocycles. The number of nitrogens with zero attached hydrogens (tertiary/aromatic N) is 1. The summed E-state index contributed by atoms with van der Waals surface area (Å²) in [5.41, 5.74) is 1.13. The van der Waals surface area contributed by atoms with Crippen LogP contribution in [0.4, 0.5) is 0 Å². The Morgan fingerprint density at radius 2 is 1.71 bits per heavy atom. The molecule has 4 nitrogen and oxygen atoms in total. The van der Waals surface area contributed by atoms with Crippen LogP contribution in [0.15, 0.2) is 29.2 Å². The van der Waals surface area contributed by atoms with Gasteiger partial charge in [-0.25, -0.2) is 12.7 Å². The first-order valence-electron chi connectivity index (χ1n) is 7.72. The highest BCUT2D eigenvalue weighted by Gasteiger charge is 2.16. The molecule has 0 atom stereocenters. The minimum Gasteiger partial charge on any atom is -0.312 e. The SMILES string of the molecule is CN(C)S(=O)(=O)c1ccc(CNCC2CCCCC2)cc1. The van der Waals surface area contributed by atoms with Crippen LogP contribution in [0.25, 0.3) is 0 Å². The Morgan fingerprint density at radius 3 is 2.29 bits per heavy atom. The summed E-state index contributed by atoms with van der Waals surface area (Å²) in [6.45, 7) is 1.87. The highest BCUT2D eigenvalue weighted by atomic mass is 32.2. The molecule has 1 N–H and O–H groups in total. The molecule has 0 heterocycles. The Hall–Kier alpha value is -0.910. The van der Waals surface area contributed by atoms with E-state index in [0.717, 1.165) is 24.6 Å². The van der Waals surface area contributed by atoms with Crippen LogP contribution < -0.4 is 5.32 Å². The summed E-state index contributed by atoms with van der Waals surface area (Å²) < 4.78 is 25.2. The lowest BCUT2D eigenvalue weighted by Crippen LogP contribution is -2.24. The van der Waals surface area contributed by atoms with Crippen molar-refractivity contribution in [3.8, 4) is 0 Å². The summed E-state index contributed by atoms with van der Waals surface area (Å²) in [5, 5.41) is 3.49. The Bertz CT molecular complexity index is 532. The monoisotopic (exact) mass is 310 g/mol. The average Bonchev–Trinajstić information content (AvgIpc) is 2.49. The lowest BCUT2D eigenvalue weighted by atomic mass is 9.89. The summed E-state index contributed by atoms with van der Waals surface area (Å²) in [5.74, 6) is 0.812. The minimum atomic E-state index is -3.32. The van der Waals surface area contributed by atoms with Gasteiger partial charge in [-0.3, -0.25) is 0 Å². The van der Waals surface area contributed by atoms with Crippen molar-refractivity contribution in [1.82, 2.24) is 9.62 Å². The van der Waals surface area contributed by atoms with Gasteiger partial charge in [-0.2, -0.15) is 0 Å². The van der Waals surface area contributed by atoms with Crippen LogP contribution in [-0.2, 0) is 16.6 Å². The number of sulfonamides is 1. The van der Waals surface area contributed by atoms with Crippen LogP contribution in [0.2, 0.25) is 0 Å². The van der Waals surface area contributed by atoms with Gasteiger partial charge < -0.3 is 5.32 Å². The maximum absolute atomic E-state index is 12.0. The molecule has 1 fully saturated rings. The van der Waals surface area contributed by atoms with Crippen LogP contribution in [0.5, 0.6) is 0 Å². The fraction of sp³-hybridized carbons (Fsp3) is 0.625. The van der Waals surface area contributed by atoms with Gasteiger partial charge in [-0.15, -0.1) is 0 Å². The van der Waals surface area contributed by atoms with Gasteiger partial charge in [-0.05, 0) is 43.0 Å². The molecule has 21 heavy (non-hydrogen) atoms. The maximum atomic E-state index is 12.0. The van der Waals surface area contributed by atoms with E-state index in [4.69, 9.17) is 0 Å². The van der Waals surface area contributed by atoms with Gasteiger partial charge in [0, 0.05) is 20.6 Å². The van der Waals surface area contributed by atoms with Crippen molar-refractivity contribution < 1.29 is 8.42 Å². The van der Waals surface area contributed by atoms with Crippen LogP contribution >= 0.6 is 0 Å². The Balaban J connectivity index is 1.85. The molecular formula is C16H26N2O2S. The molecule has 0 saturated heterocycles. The third-order valence-corrected chi connectivity index (χ3v) is 6.02. The minimum absolute atomic E-state index is 0.350. The second-order valence-electron chi connectivity index (χ2n) is 6.07. The van der Waals surface area contributed by atoms with Crippen molar-refractivity contribution in [2.75, 3.05) is 20.6 Å². The van der Waals surface area contributed by atoms with Crippen LogP contribution in [-0.4, -0.2) is 33.4 Å². The maximum Gasteiger partial charge on any atom is 0.242 e. The molecule has 1 aliphatic rings. The Kier molecular flexibility index (Phi) is 5.79. The summed E-state index contributed by atoms with van der Waals surface area (Å²) in [6.07, 6.45) is 6.80. The average molecular weight is 310 g/mol. The van der Waals surface area contributed by atoms with Crippen molar-refractivity contribution in [2.24, 2.45) is 5.92 Å². The van der Waals surface area contributed by atoms with Crippen molar-refractivity contribution in [3.05, 3.63) is 29.8 Å². The molecule has 1 aliphatic carbocycles. The molecular weight excluding hydrogens is 284 g/mol. The fourth-order valence-corrected chi connectivity index (χ4v) is 3.70. The molecule has 118 valence electrons. The van der Waals surface area contributed by atoms with E-state index in [1.54, 1.807) is 26.2 Å². The molecule has 0 amide bonds. The molecule has 0 aliphatic heterocycles. The standard InChI is InChI=1S/C16H26N2O2S/c1-18(2)21(19,20)16-10-8-15(9-11-16)13-17-12-14-6-4-3-5-7-14/h8-11,14,17H,3-7,12-13H2,1-2H3. The molecule has 1 aromatic carbocycles. The molecule has 1 aromatic rings. The first-order chi connectivity index (χ1) is 10.00. The van der Waals surface area contributed by atoms with Gasteiger partial charge in [-0.1, -0.05) is 31.4 Å². The van der Waals surface area contributed by atoms with Crippen molar-refractivity contribution in [3.63, 3.8) is 0 Å². The van der Waals surface area contributed by atoms with Gasteiger partial charge in [0.2, 0.25) is 10.0 Å². The number of rotatable bonds is 6. The van der Waals surface area contributed by atoms with Crippen LogP contribution in [0.1, 0.15) is 37.7 Å². The molecule has 0 bridgehead atoms. The van der Waals surface area contributed by atoms with Gasteiger partial charge >= 0.3 is 0 Å². The number of hydrogen-bond donors (Lipinski definition) is 1. The molecule has 2 rings (SSSR count). The van der Waals surface area contributed by atoms with E-state index in [9.17, 15) is 8.42 Å². The second-order valence-corrected chi connectivity index (χ2v) is 8.22. The van der Waals surface area contributed by atoms with E-state index in [1.165, 1.54) is 36.4 Å². The van der Waals surface area contributed by atoms with Crippen LogP contribution in [0, 0.1) is 5.92 Å². The zero-order valence-corrected chi connectivity index (χ0v) is 13.8. The lowest BCUT2D eigenvalue weighted by molar-refractivity contribution is 0.342. The first kappa shape index (κ1) is 16.5. The van der Waals surface area contributed by atoms with Gasteiger partial charge in [0.25, 0.3) is 0 Å². The predicted octanol–water partition coefficient (Wildman–Crippen LogP) is 2.61. The smallest absolute Gasteiger partial charge is 0.242 e. The summed E-state index contributed by atoms with van der Waals surface area (Å²) in [7, 11) is -0.217. The van der Waals surface area contributed by atoms with Crippen molar-refractivity contribution >= 4 is 10.0 Å². The number of benzene rings is 1. The molecule has 5 heteroatoms. The van der Waals surface area contributed by atoms with E-state index in [2.05, 4.69) is 5.32 Å². The highest BCUT2D eigenvalue weighted by molar-refractivity contribution is 7.89. The largest absolute Gasteiger partial charge is 0.312 e. The molecule has 0 spiro atoms. The quantitative estimate of drug-likeness (QED) is 0.878. The van der Waals surface area contributed by atoms with Gasteiger partial charge in [0.05, 0.1) is 4.90 Å². The van der Waals surface area contributed by atoms with Crippen molar-refractivity contribution in [1.29, 1.82) is 0 Å². The third kappa shape index (κ3) is 4.53. The van der Waals surface area contributed by atoms with Gasteiger partial charge in [0.15, 0.2) is 0 Å². The number of nitrogens with one attached hydrogen (secondary N) is 1. The topological polar surface area (TPSA) is 49.4 Å². The predicted molar refractivity (Wildman–Crippen MR) is 85.6 cm³/mol. The Morgan fingerprint density at radius 1 is 1.10 bits per heavy atom. The lowest BCUT2D eigenvalue weighted by Gasteiger charge is -2.21. The first-order valence-corrected chi connectivity index (χ1v) is 9.16. The Labute approximate surface area is 128 Å². The van der Waals surface area contributed by atoms with Crippen molar-refractivity contribution in [2.45, 2.75) is 43.5 Å².